The van der Waals surface area contributed by atoms with E-state index in [1.807, 2.05) is 32.9 Å². The summed E-state index contributed by atoms with van der Waals surface area (Å²) in [5.74, 6) is 0.838. The number of nitrogens with one attached hydrogen (secondary N) is 3. The number of piperidine rings is 1. The Hall–Kier alpha value is -4.34. The van der Waals surface area contributed by atoms with Crippen molar-refractivity contribution in [3.8, 4) is 22.6 Å². The number of halogens is 1. The van der Waals surface area contributed by atoms with Crippen molar-refractivity contribution in [3.05, 3.63) is 48.7 Å². The lowest BCUT2D eigenvalue weighted by Gasteiger charge is -2.27. The molecule has 0 saturated carbocycles. The lowest BCUT2D eigenvalue weighted by Crippen LogP contribution is -2.30. The van der Waals surface area contributed by atoms with Crippen LogP contribution in [-0.2, 0) is 4.79 Å². The Morgan fingerprint density at radius 1 is 1.05 bits per heavy atom. The average molecular weight is 513 g/mol. The molecule has 0 radical (unpaired) electrons. The predicted octanol–water partition coefficient (Wildman–Crippen LogP) is 5.68. The highest BCUT2D eigenvalue weighted by molar-refractivity contribution is 5.98. The lowest BCUT2D eigenvalue weighted by atomic mass is 9.95. The maximum absolute atomic E-state index is 15.2. The van der Waals surface area contributed by atoms with E-state index in [1.54, 1.807) is 24.7 Å². The minimum atomic E-state index is -0.553. The number of benzene rings is 1. The zero-order valence-corrected chi connectivity index (χ0v) is 21.6. The Bertz CT molecular complexity index is 1660. The molecule has 1 aromatic carbocycles. The number of carbonyl (C=O) groups is 1. The van der Waals surface area contributed by atoms with Gasteiger partial charge in [-0.2, -0.15) is 5.10 Å². The predicted molar refractivity (Wildman–Crippen MR) is 146 cm³/mol. The first-order valence-electron chi connectivity index (χ1n) is 12.8. The Morgan fingerprint density at radius 2 is 1.87 bits per heavy atom. The van der Waals surface area contributed by atoms with Crippen molar-refractivity contribution in [3.63, 3.8) is 0 Å². The number of H-pyrrole nitrogens is 2. The molecule has 6 rings (SSSR count). The highest BCUT2D eigenvalue weighted by Crippen LogP contribution is 2.34. The van der Waals surface area contributed by atoms with Gasteiger partial charge in [-0.25, -0.2) is 14.4 Å². The molecular weight excluding hydrogens is 483 g/mol. The van der Waals surface area contributed by atoms with Crippen LogP contribution in [0.4, 0.5) is 15.9 Å². The van der Waals surface area contributed by atoms with Crippen molar-refractivity contribution in [1.82, 2.24) is 30.1 Å². The van der Waals surface area contributed by atoms with E-state index in [0.717, 1.165) is 42.8 Å². The van der Waals surface area contributed by atoms with Crippen molar-refractivity contribution in [2.75, 3.05) is 23.3 Å². The first-order valence-corrected chi connectivity index (χ1v) is 12.8. The van der Waals surface area contributed by atoms with Gasteiger partial charge in [-0.1, -0.05) is 20.8 Å². The summed E-state index contributed by atoms with van der Waals surface area (Å²) in [5, 5.41) is 10.7. The van der Waals surface area contributed by atoms with Gasteiger partial charge in [0.05, 0.1) is 17.4 Å². The summed E-state index contributed by atoms with van der Waals surface area (Å²) in [6, 6.07) is 6.97. The van der Waals surface area contributed by atoms with Crippen LogP contribution in [0.5, 0.6) is 0 Å². The molecule has 1 saturated heterocycles. The minimum Gasteiger partial charge on any atom is -0.355 e. The standard InChI is InChI=1S/C28H29FN8O/c1-28(2,3)27(38)32-18-11-17(14-30-15-18)16-12-19-22(20(29)13-16)35-36-23(19)25-33-21-7-8-31-26(24(21)34-25)37-9-5-4-6-10-37/h7-8,11-15H,4-6,9-10H2,1-3H3,(H,32,38)(H,33,34)(H,35,36). The Balaban J connectivity index is 1.40. The molecule has 0 aliphatic carbocycles. The van der Waals surface area contributed by atoms with Gasteiger partial charge in [-0.15, -0.1) is 0 Å². The van der Waals surface area contributed by atoms with Crippen LogP contribution in [0, 0.1) is 11.2 Å². The summed E-state index contributed by atoms with van der Waals surface area (Å²) in [4.78, 5) is 31.8. The fourth-order valence-corrected chi connectivity index (χ4v) is 4.78. The molecule has 0 bridgehead atoms. The Morgan fingerprint density at radius 3 is 2.66 bits per heavy atom. The fourth-order valence-electron chi connectivity index (χ4n) is 4.78. The Labute approximate surface area is 218 Å². The van der Waals surface area contributed by atoms with Crippen molar-refractivity contribution < 1.29 is 9.18 Å². The summed E-state index contributed by atoms with van der Waals surface area (Å²) in [5.41, 5.74) is 3.75. The van der Waals surface area contributed by atoms with Gasteiger partial charge >= 0.3 is 0 Å². The maximum Gasteiger partial charge on any atom is 0.229 e. The van der Waals surface area contributed by atoms with Crippen LogP contribution in [0.25, 0.3) is 44.6 Å². The number of fused-ring (bicyclic) bond motifs is 2. The number of pyridine rings is 2. The number of hydrogen-bond donors (Lipinski definition) is 3. The smallest absolute Gasteiger partial charge is 0.229 e. The topological polar surface area (TPSA) is 115 Å². The SMILES string of the molecule is CC(C)(C)C(=O)Nc1cncc(-c2cc(F)c3n[nH]c(-c4nc5c(N6CCCCC6)nccc5[nH]4)c3c2)c1. The zero-order valence-electron chi connectivity index (χ0n) is 21.6. The van der Waals surface area contributed by atoms with E-state index in [1.165, 1.54) is 12.5 Å². The second-order valence-electron chi connectivity index (χ2n) is 10.8. The largest absolute Gasteiger partial charge is 0.355 e. The molecule has 194 valence electrons. The molecule has 38 heavy (non-hydrogen) atoms. The van der Waals surface area contributed by atoms with E-state index >= 15 is 4.39 Å². The number of carbonyl (C=O) groups excluding carboxylic acids is 1. The van der Waals surface area contributed by atoms with Gasteiger partial charge in [-0.3, -0.25) is 14.9 Å². The van der Waals surface area contributed by atoms with Gasteiger partial charge in [0.15, 0.2) is 17.5 Å². The highest BCUT2D eigenvalue weighted by atomic mass is 19.1. The molecule has 4 aromatic heterocycles. The number of imidazole rings is 1. The minimum absolute atomic E-state index is 0.126. The molecular formula is C28H29FN8O. The van der Waals surface area contributed by atoms with E-state index in [9.17, 15) is 4.79 Å². The number of nitrogens with zero attached hydrogens (tertiary/aromatic N) is 5. The Kier molecular flexibility index (Phi) is 5.81. The van der Waals surface area contributed by atoms with E-state index in [-0.39, 0.29) is 11.4 Å². The third kappa shape index (κ3) is 4.36. The van der Waals surface area contributed by atoms with Crippen molar-refractivity contribution >= 4 is 39.3 Å². The molecule has 0 atom stereocenters. The van der Waals surface area contributed by atoms with Crippen LogP contribution in [-0.4, -0.2) is 49.1 Å². The molecule has 0 spiro atoms. The quantitative estimate of drug-likeness (QED) is 0.285. The normalized spacial score (nSPS) is 14.4. The second kappa shape index (κ2) is 9.20. The third-order valence-electron chi connectivity index (χ3n) is 6.90. The molecule has 1 aliphatic rings. The fraction of sp³-hybridized carbons (Fsp3) is 0.321. The van der Waals surface area contributed by atoms with Crippen LogP contribution in [0.2, 0.25) is 0 Å². The molecule has 1 aliphatic heterocycles. The summed E-state index contributed by atoms with van der Waals surface area (Å²) >= 11 is 0. The number of amides is 1. The van der Waals surface area contributed by atoms with E-state index in [0.29, 0.717) is 33.7 Å². The summed E-state index contributed by atoms with van der Waals surface area (Å²) < 4.78 is 15.2. The van der Waals surface area contributed by atoms with Gasteiger partial charge in [0.2, 0.25) is 5.91 Å². The van der Waals surface area contributed by atoms with Gasteiger partial charge < -0.3 is 15.2 Å². The molecule has 9 nitrogen and oxygen atoms in total. The van der Waals surface area contributed by atoms with Gasteiger partial charge in [0.25, 0.3) is 0 Å². The number of aromatic nitrogens is 6. The van der Waals surface area contributed by atoms with E-state index < -0.39 is 11.2 Å². The first-order chi connectivity index (χ1) is 18.3. The summed E-state index contributed by atoms with van der Waals surface area (Å²) in [7, 11) is 0. The molecule has 1 fully saturated rings. The molecule has 1 amide bonds. The van der Waals surface area contributed by atoms with Crippen LogP contribution in [0.15, 0.2) is 42.9 Å². The van der Waals surface area contributed by atoms with Crippen molar-refractivity contribution in [2.45, 2.75) is 40.0 Å². The number of rotatable bonds is 4. The first kappa shape index (κ1) is 24.0. The van der Waals surface area contributed by atoms with Crippen LogP contribution in [0.1, 0.15) is 40.0 Å². The van der Waals surface area contributed by atoms with Crippen LogP contribution in [0.3, 0.4) is 0 Å². The molecule has 3 N–H and O–H groups in total. The van der Waals surface area contributed by atoms with Gasteiger partial charge in [0.1, 0.15) is 16.7 Å². The van der Waals surface area contributed by atoms with Crippen LogP contribution >= 0.6 is 0 Å². The van der Waals surface area contributed by atoms with Gasteiger partial charge in [0, 0.05) is 41.8 Å². The number of aromatic amines is 2. The van der Waals surface area contributed by atoms with E-state index in [4.69, 9.17) is 4.98 Å². The second-order valence-corrected chi connectivity index (χ2v) is 10.8. The molecule has 0 unspecified atom stereocenters. The highest BCUT2D eigenvalue weighted by Gasteiger charge is 2.23. The van der Waals surface area contributed by atoms with Gasteiger partial charge in [-0.05, 0) is 49.1 Å². The number of hydrogen-bond acceptors (Lipinski definition) is 6. The zero-order chi connectivity index (χ0) is 26.4. The summed E-state index contributed by atoms with van der Waals surface area (Å²) in [6.07, 6.45) is 8.51. The molecule has 5 heterocycles. The van der Waals surface area contributed by atoms with Crippen molar-refractivity contribution in [2.24, 2.45) is 5.41 Å². The van der Waals surface area contributed by atoms with Crippen LogP contribution < -0.4 is 10.2 Å². The monoisotopic (exact) mass is 512 g/mol. The lowest BCUT2D eigenvalue weighted by molar-refractivity contribution is -0.123. The number of anilines is 2. The maximum atomic E-state index is 15.2. The molecule has 10 heteroatoms. The van der Waals surface area contributed by atoms with E-state index in [2.05, 4.69) is 35.4 Å². The average Bonchev–Trinajstić information content (AvgIpc) is 3.53. The van der Waals surface area contributed by atoms with Crippen molar-refractivity contribution in [1.29, 1.82) is 0 Å². The third-order valence-corrected chi connectivity index (χ3v) is 6.90. The summed E-state index contributed by atoms with van der Waals surface area (Å²) in [6.45, 7) is 7.44. The molecule has 5 aromatic rings.